The van der Waals surface area contributed by atoms with Gasteiger partial charge < -0.3 is 0 Å². The molecule has 0 fully saturated rings. The van der Waals surface area contributed by atoms with Crippen molar-refractivity contribution in [2.45, 2.75) is 18.2 Å². The van der Waals surface area contributed by atoms with Crippen LogP contribution in [0.1, 0.15) is 23.4 Å². The fourth-order valence-corrected chi connectivity index (χ4v) is 2.29. The number of nitriles is 1. The lowest BCUT2D eigenvalue weighted by atomic mass is 10.2. The van der Waals surface area contributed by atoms with Gasteiger partial charge in [0.1, 0.15) is 6.07 Å². The molecular weight excluding hydrogens is 262 g/mol. The van der Waals surface area contributed by atoms with E-state index in [1.165, 1.54) is 13.0 Å². The Labute approximate surface area is 94.9 Å². The summed E-state index contributed by atoms with van der Waals surface area (Å²) in [6.45, 7) is 1.38. The summed E-state index contributed by atoms with van der Waals surface area (Å²) in [6.07, 6.45) is -3.13. The van der Waals surface area contributed by atoms with Crippen LogP contribution in [0.4, 0.5) is 8.78 Å². The van der Waals surface area contributed by atoms with Crippen LogP contribution >= 0.6 is 10.7 Å². The number of nitrogens with zero attached hydrogens (tertiary/aromatic N) is 2. The molecule has 0 bridgehead atoms. The van der Waals surface area contributed by atoms with Crippen LogP contribution in [0.3, 0.4) is 0 Å². The molecule has 0 radical (unpaired) electrons. The summed E-state index contributed by atoms with van der Waals surface area (Å²) >= 11 is 0. The number of hydrogen-bond donors (Lipinski definition) is 0. The molecule has 86 valence electrons. The molecule has 0 aliphatic rings. The van der Waals surface area contributed by atoms with Crippen LogP contribution < -0.4 is 0 Å². The Balaban J connectivity index is 3.73. The molecule has 0 saturated carbocycles. The molecular formula is C8H5ClF2N2O2S. The van der Waals surface area contributed by atoms with E-state index in [2.05, 4.69) is 4.98 Å². The van der Waals surface area contributed by atoms with Crippen LogP contribution in [0.15, 0.2) is 11.0 Å². The van der Waals surface area contributed by atoms with E-state index < -0.39 is 31.6 Å². The van der Waals surface area contributed by atoms with Gasteiger partial charge in [0, 0.05) is 16.4 Å². The summed E-state index contributed by atoms with van der Waals surface area (Å²) in [5, 5.41) is 8.60. The Morgan fingerprint density at radius 1 is 1.56 bits per heavy atom. The largest absolute Gasteiger partial charge is 0.267 e. The van der Waals surface area contributed by atoms with Gasteiger partial charge in [0.15, 0.2) is 5.69 Å². The number of aromatic nitrogens is 1. The standard InChI is InChI=1S/C8H5ClF2N2O2S/c1-4-2-6(16(9,14)15)7(8(10)11)5(3-12)13-4/h2,8H,1H3. The first-order valence-electron chi connectivity index (χ1n) is 3.92. The van der Waals surface area contributed by atoms with Gasteiger partial charge in [0.05, 0.1) is 10.5 Å². The molecule has 1 heterocycles. The minimum absolute atomic E-state index is 0.125. The molecule has 0 unspecified atom stereocenters. The zero-order chi connectivity index (χ0) is 12.5. The first kappa shape index (κ1) is 12.8. The van der Waals surface area contributed by atoms with Crippen molar-refractivity contribution in [1.82, 2.24) is 4.98 Å². The molecule has 0 N–H and O–H groups in total. The van der Waals surface area contributed by atoms with Gasteiger partial charge >= 0.3 is 0 Å². The van der Waals surface area contributed by atoms with Crippen LogP contribution in [0.5, 0.6) is 0 Å². The number of alkyl halides is 2. The van der Waals surface area contributed by atoms with Crippen molar-refractivity contribution >= 4 is 19.7 Å². The van der Waals surface area contributed by atoms with Gasteiger partial charge in [-0.2, -0.15) is 5.26 Å². The SMILES string of the molecule is Cc1cc(S(=O)(=O)Cl)c(C(F)F)c(C#N)n1. The topological polar surface area (TPSA) is 70.8 Å². The molecule has 1 aromatic heterocycles. The highest BCUT2D eigenvalue weighted by molar-refractivity contribution is 8.13. The van der Waals surface area contributed by atoms with Crippen molar-refractivity contribution in [3.63, 3.8) is 0 Å². The molecule has 1 rings (SSSR count). The summed E-state index contributed by atoms with van der Waals surface area (Å²) in [7, 11) is 0.678. The van der Waals surface area contributed by atoms with Crippen molar-refractivity contribution in [3.8, 4) is 6.07 Å². The molecule has 0 spiro atoms. The van der Waals surface area contributed by atoms with E-state index >= 15 is 0 Å². The van der Waals surface area contributed by atoms with Crippen LogP contribution in [-0.2, 0) is 9.05 Å². The molecule has 0 saturated heterocycles. The van der Waals surface area contributed by atoms with E-state index in [9.17, 15) is 17.2 Å². The molecule has 1 aromatic rings. The lowest BCUT2D eigenvalue weighted by Crippen LogP contribution is -2.05. The first-order valence-corrected chi connectivity index (χ1v) is 6.22. The second kappa shape index (κ2) is 4.31. The summed E-state index contributed by atoms with van der Waals surface area (Å²) in [6, 6.07) is 2.32. The fourth-order valence-electron chi connectivity index (χ4n) is 1.15. The van der Waals surface area contributed by atoms with Gasteiger partial charge in [0.25, 0.3) is 15.5 Å². The van der Waals surface area contributed by atoms with Crippen LogP contribution in [0.25, 0.3) is 0 Å². The van der Waals surface area contributed by atoms with Gasteiger partial charge in [0.2, 0.25) is 0 Å². The van der Waals surface area contributed by atoms with Crippen LogP contribution in [0.2, 0.25) is 0 Å². The van der Waals surface area contributed by atoms with Gasteiger partial charge in [-0.15, -0.1) is 0 Å². The number of pyridine rings is 1. The third-order valence-corrected chi connectivity index (χ3v) is 3.10. The number of aryl methyl sites for hydroxylation is 1. The maximum Gasteiger partial charge on any atom is 0.267 e. The zero-order valence-corrected chi connectivity index (χ0v) is 9.48. The fraction of sp³-hybridized carbons (Fsp3) is 0.250. The highest BCUT2D eigenvalue weighted by Crippen LogP contribution is 2.31. The van der Waals surface area contributed by atoms with Crippen molar-refractivity contribution in [1.29, 1.82) is 5.26 Å². The molecule has 0 amide bonds. The smallest absolute Gasteiger partial charge is 0.242 e. The predicted molar refractivity (Wildman–Crippen MR) is 51.7 cm³/mol. The highest BCUT2D eigenvalue weighted by atomic mass is 35.7. The Morgan fingerprint density at radius 3 is 2.50 bits per heavy atom. The summed E-state index contributed by atoms with van der Waals surface area (Å²) in [5.41, 5.74) is -1.46. The molecule has 8 heteroatoms. The number of rotatable bonds is 2. The van der Waals surface area contributed by atoms with E-state index in [0.29, 0.717) is 0 Å². The van der Waals surface area contributed by atoms with Crippen LogP contribution in [0, 0.1) is 18.3 Å². The monoisotopic (exact) mass is 266 g/mol. The highest BCUT2D eigenvalue weighted by Gasteiger charge is 2.26. The third kappa shape index (κ3) is 2.46. The minimum atomic E-state index is -4.33. The molecule has 0 aliphatic carbocycles. The Kier molecular flexibility index (Phi) is 3.45. The van der Waals surface area contributed by atoms with E-state index in [1.807, 2.05) is 0 Å². The van der Waals surface area contributed by atoms with Crippen LogP contribution in [-0.4, -0.2) is 13.4 Å². The van der Waals surface area contributed by atoms with E-state index in [-0.39, 0.29) is 5.69 Å². The van der Waals surface area contributed by atoms with Crippen molar-refractivity contribution in [3.05, 3.63) is 23.0 Å². The third-order valence-electron chi connectivity index (χ3n) is 1.74. The summed E-state index contributed by atoms with van der Waals surface area (Å²) in [4.78, 5) is 2.75. The van der Waals surface area contributed by atoms with Gasteiger partial charge in [-0.05, 0) is 13.0 Å². The van der Waals surface area contributed by atoms with Gasteiger partial charge in [-0.1, -0.05) is 0 Å². The number of halogens is 3. The van der Waals surface area contributed by atoms with Gasteiger partial charge in [-0.3, -0.25) is 0 Å². The van der Waals surface area contributed by atoms with Crippen molar-refractivity contribution in [2.75, 3.05) is 0 Å². The quantitative estimate of drug-likeness (QED) is 0.769. The summed E-state index contributed by atoms with van der Waals surface area (Å²) in [5.74, 6) is 0. The Hall–Kier alpha value is -1.26. The normalized spacial score (nSPS) is 11.5. The molecule has 0 aliphatic heterocycles. The maximum absolute atomic E-state index is 12.6. The molecule has 16 heavy (non-hydrogen) atoms. The van der Waals surface area contributed by atoms with E-state index in [4.69, 9.17) is 15.9 Å². The average Bonchev–Trinajstić information content (AvgIpc) is 2.14. The Morgan fingerprint density at radius 2 is 2.12 bits per heavy atom. The van der Waals surface area contributed by atoms with E-state index in [0.717, 1.165) is 6.07 Å². The predicted octanol–water partition coefficient (Wildman–Crippen LogP) is 2.13. The molecule has 0 atom stereocenters. The second-order valence-corrected chi connectivity index (χ2v) is 5.41. The minimum Gasteiger partial charge on any atom is -0.242 e. The van der Waals surface area contributed by atoms with Crippen molar-refractivity contribution in [2.24, 2.45) is 0 Å². The number of hydrogen-bond acceptors (Lipinski definition) is 4. The molecule has 4 nitrogen and oxygen atoms in total. The second-order valence-electron chi connectivity index (χ2n) is 2.87. The molecule has 0 aromatic carbocycles. The zero-order valence-electron chi connectivity index (χ0n) is 7.91. The summed E-state index contributed by atoms with van der Waals surface area (Å²) < 4.78 is 47.4. The van der Waals surface area contributed by atoms with Gasteiger partial charge in [-0.25, -0.2) is 22.2 Å². The average molecular weight is 267 g/mol. The Bertz CT molecular complexity index is 566. The first-order chi connectivity index (χ1) is 7.27. The van der Waals surface area contributed by atoms with Crippen molar-refractivity contribution < 1.29 is 17.2 Å². The maximum atomic E-state index is 12.6. The lowest BCUT2D eigenvalue weighted by Gasteiger charge is -2.08. The van der Waals surface area contributed by atoms with E-state index in [1.54, 1.807) is 0 Å². The lowest BCUT2D eigenvalue weighted by molar-refractivity contribution is 0.147.